The molecule has 0 aliphatic heterocycles. The van der Waals surface area contributed by atoms with Gasteiger partial charge in [-0.2, -0.15) is 0 Å². The third-order valence-electron chi connectivity index (χ3n) is 1.46. The van der Waals surface area contributed by atoms with E-state index in [1.807, 2.05) is 19.8 Å². The van der Waals surface area contributed by atoms with Gasteiger partial charge in [-0.25, -0.2) is 4.79 Å². The standard InChI is InChI=1S/C9H16O/c1-7(2)5-9(6-10)8(3)4/h7-8H,5H2,1-4H3. The molecule has 0 spiro atoms. The highest BCUT2D eigenvalue weighted by atomic mass is 16.1. The van der Waals surface area contributed by atoms with Gasteiger partial charge in [0, 0.05) is 5.57 Å². The highest BCUT2D eigenvalue weighted by Crippen LogP contribution is 2.15. The van der Waals surface area contributed by atoms with Gasteiger partial charge in [0.1, 0.15) is 5.94 Å². The number of rotatable bonds is 3. The molecule has 1 heteroatoms. The second-order valence-corrected chi connectivity index (χ2v) is 3.38. The molecule has 0 heterocycles. The highest BCUT2D eigenvalue weighted by molar-refractivity contribution is 5.52. The largest absolute Gasteiger partial charge is 0.234 e. The molecule has 0 unspecified atom stereocenters. The maximum atomic E-state index is 10.3. The van der Waals surface area contributed by atoms with Gasteiger partial charge in [-0.1, -0.05) is 27.7 Å². The normalized spacial score (nSPS) is 10.2. The topological polar surface area (TPSA) is 17.1 Å². The predicted molar refractivity (Wildman–Crippen MR) is 43.5 cm³/mol. The molecule has 0 saturated carbocycles. The summed E-state index contributed by atoms with van der Waals surface area (Å²) in [6.45, 7) is 8.28. The van der Waals surface area contributed by atoms with E-state index in [1.54, 1.807) is 0 Å². The van der Waals surface area contributed by atoms with Gasteiger partial charge in [0.15, 0.2) is 0 Å². The first kappa shape index (κ1) is 9.45. The fourth-order valence-electron chi connectivity index (χ4n) is 0.835. The summed E-state index contributed by atoms with van der Waals surface area (Å²) in [6, 6.07) is 0. The van der Waals surface area contributed by atoms with Gasteiger partial charge in [0.25, 0.3) is 0 Å². The summed E-state index contributed by atoms with van der Waals surface area (Å²) < 4.78 is 0. The lowest BCUT2D eigenvalue weighted by Crippen LogP contribution is -1.99. The molecule has 0 atom stereocenters. The molecule has 0 aromatic heterocycles. The van der Waals surface area contributed by atoms with E-state index in [0.29, 0.717) is 11.8 Å². The smallest absolute Gasteiger partial charge is 0.123 e. The van der Waals surface area contributed by atoms with Crippen molar-refractivity contribution in [3.63, 3.8) is 0 Å². The average Bonchev–Trinajstić information content (AvgIpc) is 1.81. The molecule has 58 valence electrons. The van der Waals surface area contributed by atoms with E-state index in [2.05, 4.69) is 13.8 Å². The van der Waals surface area contributed by atoms with Crippen molar-refractivity contribution in [2.45, 2.75) is 34.1 Å². The SMILES string of the molecule is CC(C)CC(=C=O)C(C)C. The third-order valence-corrected chi connectivity index (χ3v) is 1.46. The fourth-order valence-corrected chi connectivity index (χ4v) is 0.835. The Hall–Kier alpha value is -0.550. The zero-order chi connectivity index (χ0) is 8.15. The molecule has 0 amide bonds. The summed E-state index contributed by atoms with van der Waals surface area (Å²) in [5, 5.41) is 0. The Morgan fingerprint density at radius 1 is 1.30 bits per heavy atom. The molecule has 1 nitrogen and oxygen atoms in total. The third kappa shape index (κ3) is 3.47. The van der Waals surface area contributed by atoms with E-state index in [1.165, 1.54) is 0 Å². The van der Waals surface area contributed by atoms with Crippen LogP contribution >= 0.6 is 0 Å². The van der Waals surface area contributed by atoms with Gasteiger partial charge >= 0.3 is 0 Å². The van der Waals surface area contributed by atoms with Gasteiger partial charge < -0.3 is 0 Å². The lowest BCUT2D eigenvalue weighted by molar-refractivity contribution is 0.547. The zero-order valence-electron chi connectivity index (χ0n) is 7.27. The number of allylic oxidation sites excluding steroid dienone is 1. The maximum absolute atomic E-state index is 10.3. The second kappa shape index (κ2) is 4.29. The van der Waals surface area contributed by atoms with Crippen LogP contribution in [-0.2, 0) is 4.79 Å². The lowest BCUT2D eigenvalue weighted by Gasteiger charge is -2.08. The van der Waals surface area contributed by atoms with Crippen LogP contribution < -0.4 is 0 Å². The summed E-state index contributed by atoms with van der Waals surface area (Å²) in [5.41, 5.74) is 0.912. The number of hydrogen-bond donors (Lipinski definition) is 0. The van der Waals surface area contributed by atoms with Crippen LogP contribution in [0.3, 0.4) is 0 Å². The Labute approximate surface area is 63.1 Å². The van der Waals surface area contributed by atoms with Crippen LogP contribution in [0.2, 0.25) is 0 Å². The Balaban J connectivity index is 3.99. The first-order valence-electron chi connectivity index (χ1n) is 3.81. The van der Waals surface area contributed by atoms with Crippen LogP contribution in [0.5, 0.6) is 0 Å². The molecule has 0 aliphatic carbocycles. The van der Waals surface area contributed by atoms with Gasteiger partial charge in [-0.3, -0.25) is 0 Å². The van der Waals surface area contributed by atoms with Crippen molar-refractivity contribution >= 4 is 5.94 Å². The molecule has 0 rings (SSSR count). The molecule has 0 aromatic carbocycles. The highest BCUT2D eigenvalue weighted by Gasteiger charge is 2.05. The molecule has 0 radical (unpaired) electrons. The minimum absolute atomic E-state index is 0.361. The number of carbonyl (C=O) groups excluding carboxylic acids is 1. The Bertz CT molecular complexity index is 139. The van der Waals surface area contributed by atoms with E-state index >= 15 is 0 Å². The average molecular weight is 140 g/mol. The summed E-state index contributed by atoms with van der Waals surface area (Å²) in [6.07, 6.45) is 0.890. The molecule has 0 saturated heterocycles. The van der Waals surface area contributed by atoms with Gasteiger partial charge in [-0.15, -0.1) is 0 Å². The van der Waals surface area contributed by atoms with Crippen LogP contribution in [0.15, 0.2) is 5.57 Å². The van der Waals surface area contributed by atoms with E-state index in [4.69, 9.17) is 0 Å². The van der Waals surface area contributed by atoms with Crippen LogP contribution in [-0.4, -0.2) is 5.94 Å². The summed E-state index contributed by atoms with van der Waals surface area (Å²) in [7, 11) is 0. The molecular weight excluding hydrogens is 124 g/mol. The van der Waals surface area contributed by atoms with E-state index < -0.39 is 0 Å². The molecule has 0 N–H and O–H groups in total. The first-order valence-corrected chi connectivity index (χ1v) is 3.81. The predicted octanol–water partition coefficient (Wildman–Crippen LogP) is 2.45. The molecule has 10 heavy (non-hydrogen) atoms. The van der Waals surface area contributed by atoms with Crippen molar-refractivity contribution in [2.24, 2.45) is 11.8 Å². The minimum Gasteiger partial charge on any atom is -0.234 e. The minimum atomic E-state index is 0.361. The van der Waals surface area contributed by atoms with Gasteiger partial charge in [0.2, 0.25) is 0 Å². The zero-order valence-corrected chi connectivity index (χ0v) is 7.27. The Morgan fingerprint density at radius 2 is 1.80 bits per heavy atom. The number of hydrogen-bond acceptors (Lipinski definition) is 1. The maximum Gasteiger partial charge on any atom is 0.123 e. The van der Waals surface area contributed by atoms with Crippen LogP contribution in [0.4, 0.5) is 0 Å². The Kier molecular flexibility index (Phi) is 4.06. The molecule has 0 aromatic rings. The van der Waals surface area contributed by atoms with E-state index in [-0.39, 0.29) is 0 Å². The van der Waals surface area contributed by atoms with Crippen molar-refractivity contribution in [2.75, 3.05) is 0 Å². The molecule has 0 fully saturated rings. The lowest BCUT2D eigenvalue weighted by atomic mass is 9.96. The first-order chi connectivity index (χ1) is 4.57. The summed E-state index contributed by atoms with van der Waals surface area (Å²) >= 11 is 0. The van der Waals surface area contributed by atoms with Crippen molar-refractivity contribution in [1.82, 2.24) is 0 Å². The van der Waals surface area contributed by atoms with Gasteiger partial charge in [0.05, 0.1) is 0 Å². The van der Waals surface area contributed by atoms with E-state index in [9.17, 15) is 4.79 Å². The quantitative estimate of drug-likeness (QED) is 0.550. The van der Waals surface area contributed by atoms with Crippen LogP contribution in [0, 0.1) is 11.8 Å². The van der Waals surface area contributed by atoms with Crippen molar-refractivity contribution < 1.29 is 4.79 Å². The summed E-state index contributed by atoms with van der Waals surface area (Å²) in [4.78, 5) is 10.3. The van der Waals surface area contributed by atoms with E-state index in [0.717, 1.165) is 12.0 Å². The summed E-state index contributed by atoms with van der Waals surface area (Å²) in [5.74, 6) is 2.93. The van der Waals surface area contributed by atoms with Gasteiger partial charge in [-0.05, 0) is 18.3 Å². The molecule has 0 bridgehead atoms. The van der Waals surface area contributed by atoms with Crippen molar-refractivity contribution in [3.05, 3.63) is 5.57 Å². The fraction of sp³-hybridized carbons (Fsp3) is 0.778. The van der Waals surface area contributed by atoms with Crippen molar-refractivity contribution in [1.29, 1.82) is 0 Å². The monoisotopic (exact) mass is 140 g/mol. The Morgan fingerprint density at radius 3 is 1.90 bits per heavy atom. The van der Waals surface area contributed by atoms with Crippen LogP contribution in [0.25, 0.3) is 0 Å². The molecular formula is C9H16O. The van der Waals surface area contributed by atoms with Crippen molar-refractivity contribution in [3.8, 4) is 0 Å². The molecule has 0 aliphatic rings. The second-order valence-electron chi connectivity index (χ2n) is 3.38. The van der Waals surface area contributed by atoms with Crippen LogP contribution in [0.1, 0.15) is 34.1 Å².